The lowest BCUT2D eigenvalue weighted by molar-refractivity contribution is 0.0979. The first-order chi connectivity index (χ1) is 15.1. The number of rotatable bonds is 12. The monoisotopic (exact) mass is 482 g/mol. The fraction of sp³-hybridized carbons (Fsp3) is 0.385. The van der Waals surface area contributed by atoms with Gasteiger partial charge in [-0.3, -0.25) is 4.79 Å². The Kier molecular flexibility index (Phi) is 8.89. The number of hydrogen-bond acceptors (Lipinski definition) is 3. The van der Waals surface area contributed by atoms with E-state index in [0.717, 1.165) is 64.8 Å². The van der Waals surface area contributed by atoms with Gasteiger partial charge in [-0.2, -0.15) is 0 Å². The van der Waals surface area contributed by atoms with E-state index >= 15 is 0 Å². The van der Waals surface area contributed by atoms with E-state index in [1.54, 1.807) is 6.20 Å². The minimum atomic E-state index is 0.0586. The summed E-state index contributed by atoms with van der Waals surface area (Å²) in [5.41, 5.74) is 2.88. The van der Waals surface area contributed by atoms with Crippen LogP contribution < -0.4 is 4.74 Å². The molecule has 0 aliphatic rings. The van der Waals surface area contributed by atoms with Gasteiger partial charge in [0.1, 0.15) is 18.2 Å². The molecule has 3 rings (SSSR count). The fourth-order valence-corrected chi connectivity index (χ4v) is 4.01. The van der Waals surface area contributed by atoms with Crippen molar-refractivity contribution < 1.29 is 9.53 Å². The smallest absolute Gasteiger partial charge is 0.162 e. The fourth-order valence-electron chi connectivity index (χ4n) is 3.74. The molecule has 1 unspecified atom stereocenters. The molecular formula is C26H31BrN2O2. The van der Waals surface area contributed by atoms with Crippen molar-refractivity contribution in [2.24, 2.45) is 0 Å². The highest BCUT2D eigenvalue weighted by Crippen LogP contribution is 2.35. The number of ether oxygens (including phenoxy) is 1. The van der Waals surface area contributed by atoms with Gasteiger partial charge >= 0.3 is 0 Å². The zero-order valence-corrected chi connectivity index (χ0v) is 20.0. The Bertz CT molecular complexity index is 952. The summed E-state index contributed by atoms with van der Waals surface area (Å²) in [4.78, 5) is 20.6. The van der Waals surface area contributed by atoms with Gasteiger partial charge in [0.2, 0.25) is 0 Å². The van der Waals surface area contributed by atoms with Gasteiger partial charge in [0.05, 0.1) is 0 Å². The Morgan fingerprint density at radius 3 is 2.58 bits per heavy atom. The number of benzene rings is 2. The summed E-state index contributed by atoms with van der Waals surface area (Å²) in [6, 6.07) is 14.0. The molecule has 1 aromatic heterocycles. The molecule has 1 N–H and O–H groups in total. The topological polar surface area (TPSA) is 55.0 Å². The van der Waals surface area contributed by atoms with Gasteiger partial charge in [-0.15, -0.1) is 0 Å². The van der Waals surface area contributed by atoms with Crippen molar-refractivity contribution in [1.82, 2.24) is 9.97 Å². The number of hydrogen-bond donors (Lipinski definition) is 1. The van der Waals surface area contributed by atoms with Gasteiger partial charge in [-0.1, -0.05) is 61.2 Å². The number of ketones is 1. The number of aromatic nitrogens is 2. The van der Waals surface area contributed by atoms with Crippen LogP contribution in [-0.4, -0.2) is 15.8 Å². The molecule has 0 aliphatic carbocycles. The largest absolute Gasteiger partial charge is 0.489 e. The maximum absolute atomic E-state index is 12.8. The zero-order chi connectivity index (χ0) is 22.1. The first kappa shape index (κ1) is 23.3. The van der Waals surface area contributed by atoms with Gasteiger partial charge in [0, 0.05) is 40.3 Å². The molecule has 0 bridgehead atoms. The average molecular weight is 483 g/mol. The van der Waals surface area contributed by atoms with Crippen LogP contribution in [0.1, 0.15) is 85.6 Å². The van der Waals surface area contributed by atoms with Crippen molar-refractivity contribution in [2.45, 2.75) is 64.9 Å². The Morgan fingerprint density at radius 2 is 1.90 bits per heavy atom. The molecule has 0 saturated heterocycles. The van der Waals surface area contributed by atoms with E-state index in [1.807, 2.05) is 48.7 Å². The SMILES string of the molecule is CCCCCC(=O)c1ccc(OCc2ccc(Br)cc2)c(C(CCC)c2ncc[nH]2)c1. The summed E-state index contributed by atoms with van der Waals surface area (Å²) in [6.07, 6.45) is 9.27. The average Bonchev–Trinajstić information content (AvgIpc) is 3.32. The van der Waals surface area contributed by atoms with Crippen LogP contribution >= 0.6 is 15.9 Å². The summed E-state index contributed by atoms with van der Waals surface area (Å²) >= 11 is 3.47. The summed E-state index contributed by atoms with van der Waals surface area (Å²) in [7, 11) is 0. The lowest BCUT2D eigenvalue weighted by Crippen LogP contribution is -2.09. The highest BCUT2D eigenvalue weighted by atomic mass is 79.9. The van der Waals surface area contributed by atoms with E-state index in [9.17, 15) is 4.79 Å². The second kappa shape index (κ2) is 11.8. The minimum absolute atomic E-state index is 0.0586. The molecule has 0 saturated carbocycles. The van der Waals surface area contributed by atoms with Crippen LogP contribution in [0.25, 0.3) is 0 Å². The Balaban J connectivity index is 1.90. The summed E-state index contributed by atoms with van der Waals surface area (Å²) in [5.74, 6) is 1.97. The van der Waals surface area contributed by atoms with Crippen LogP contribution in [0.4, 0.5) is 0 Å². The predicted octanol–water partition coefficient (Wildman–Crippen LogP) is 7.45. The summed E-state index contributed by atoms with van der Waals surface area (Å²) in [5, 5.41) is 0. The third-order valence-corrected chi connectivity index (χ3v) is 5.98. The molecule has 1 atom stereocenters. The Hall–Kier alpha value is -2.40. The maximum Gasteiger partial charge on any atom is 0.162 e. The van der Waals surface area contributed by atoms with Crippen molar-refractivity contribution in [3.63, 3.8) is 0 Å². The number of imidazole rings is 1. The van der Waals surface area contributed by atoms with Gasteiger partial charge in [0.15, 0.2) is 5.78 Å². The summed E-state index contributed by atoms with van der Waals surface area (Å²) < 4.78 is 7.30. The van der Waals surface area contributed by atoms with Crippen LogP contribution in [0.2, 0.25) is 0 Å². The van der Waals surface area contributed by atoms with Crippen LogP contribution in [0.5, 0.6) is 5.75 Å². The van der Waals surface area contributed by atoms with E-state index in [4.69, 9.17) is 4.74 Å². The van der Waals surface area contributed by atoms with Crippen LogP contribution in [0.3, 0.4) is 0 Å². The molecule has 2 aromatic carbocycles. The quantitative estimate of drug-likeness (QED) is 0.215. The van der Waals surface area contributed by atoms with Gasteiger partial charge in [-0.25, -0.2) is 4.98 Å². The van der Waals surface area contributed by atoms with Crippen molar-refractivity contribution in [1.29, 1.82) is 0 Å². The van der Waals surface area contributed by atoms with E-state index in [0.29, 0.717) is 13.0 Å². The number of Topliss-reactive ketones (excluding diaryl/α,β-unsaturated/α-hetero) is 1. The van der Waals surface area contributed by atoms with E-state index < -0.39 is 0 Å². The molecule has 5 heteroatoms. The highest BCUT2D eigenvalue weighted by Gasteiger charge is 2.22. The molecule has 1 heterocycles. The number of carbonyl (C=O) groups is 1. The number of unbranched alkanes of at least 4 members (excludes halogenated alkanes) is 2. The lowest BCUT2D eigenvalue weighted by atomic mass is 9.90. The van der Waals surface area contributed by atoms with Gasteiger partial charge in [-0.05, 0) is 48.7 Å². The maximum atomic E-state index is 12.8. The van der Waals surface area contributed by atoms with Gasteiger partial charge < -0.3 is 9.72 Å². The summed E-state index contributed by atoms with van der Waals surface area (Å²) in [6.45, 7) is 4.79. The molecule has 4 nitrogen and oxygen atoms in total. The second-order valence-electron chi connectivity index (χ2n) is 7.86. The second-order valence-corrected chi connectivity index (χ2v) is 8.78. The van der Waals surface area contributed by atoms with Crippen molar-refractivity contribution >= 4 is 21.7 Å². The Morgan fingerprint density at radius 1 is 1.10 bits per heavy atom. The number of nitrogens with zero attached hydrogens (tertiary/aromatic N) is 1. The molecule has 164 valence electrons. The third-order valence-electron chi connectivity index (χ3n) is 5.45. The first-order valence-corrected chi connectivity index (χ1v) is 11.9. The number of carbonyl (C=O) groups excluding carboxylic acids is 1. The van der Waals surface area contributed by atoms with Gasteiger partial charge in [0.25, 0.3) is 0 Å². The molecule has 0 spiro atoms. The molecule has 3 aromatic rings. The minimum Gasteiger partial charge on any atom is -0.489 e. The number of nitrogens with one attached hydrogen (secondary N) is 1. The first-order valence-electron chi connectivity index (χ1n) is 11.2. The van der Waals surface area contributed by atoms with Crippen molar-refractivity contribution in [3.8, 4) is 5.75 Å². The standard InChI is InChI=1S/C26H31BrN2O2/c1-3-5-6-8-24(30)20-11-14-25(31-18-19-9-12-21(27)13-10-19)23(17-20)22(7-4-2)26-28-15-16-29-26/h9-17,22H,3-8,18H2,1-2H3,(H,28,29). The van der Waals surface area contributed by atoms with Crippen molar-refractivity contribution in [2.75, 3.05) is 0 Å². The number of H-pyrrole nitrogens is 1. The normalized spacial score (nSPS) is 12.0. The highest BCUT2D eigenvalue weighted by molar-refractivity contribution is 9.10. The van der Waals surface area contributed by atoms with Crippen molar-refractivity contribution in [3.05, 3.63) is 81.8 Å². The third kappa shape index (κ3) is 6.54. The number of aromatic amines is 1. The molecule has 0 aliphatic heterocycles. The van der Waals surface area contributed by atoms with E-state index in [2.05, 4.69) is 39.7 Å². The molecule has 0 radical (unpaired) electrons. The molecule has 0 fully saturated rings. The predicted molar refractivity (Wildman–Crippen MR) is 129 cm³/mol. The number of halogens is 1. The molecule has 31 heavy (non-hydrogen) atoms. The Labute approximate surface area is 193 Å². The zero-order valence-electron chi connectivity index (χ0n) is 18.4. The van der Waals surface area contributed by atoms with E-state index in [-0.39, 0.29) is 11.7 Å². The van der Waals surface area contributed by atoms with Crippen LogP contribution in [0.15, 0.2) is 59.3 Å². The molecular weight excluding hydrogens is 452 g/mol. The lowest BCUT2D eigenvalue weighted by Gasteiger charge is -2.20. The van der Waals surface area contributed by atoms with Crippen LogP contribution in [-0.2, 0) is 6.61 Å². The van der Waals surface area contributed by atoms with E-state index in [1.165, 1.54) is 0 Å². The molecule has 0 amide bonds. The van der Waals surface area contributed by atoms with Crippen LogP contribution in [0, 0.1) is 0 Å².